The highest BCUT2D eigenvalue weighted by atomic mass is 16.5. The average Bonchev–Trinajstić information content (AvgIpc) is 3.04. The van der Waals surface area contributed by atoms with Gasteiger partial charge in [-0.3, -0.25) is 4.90 Å². The quantitative estimate of drug-likeness (QED) is 0.627. The number of hydrogen-bond acceptors (Lipinski definition) is 5. The Hall–Kier alpha value is -2.40. The molecule has 30 heavy (non-hydrogen) atoms. The van der Waals surface area contributed by atoms with Crippen molar-refractivity contribution in [1.29, 1.82) is 0 Å². The van der Waals surface area contributed by atoms with E-state index in [0.29, 0.717) is 13.2 Å². The predicted octanol–water partition coefficient (Wildman–Crippen LogP) is 4.62. The molecule has 1 aromatic heterocycles. The molecule has 1 aliphatic heterocycles. The third kappa shape index (κ3) is 4.36. The second-order valence-electron chi connectivity index (χ2n) is 8.85. The Labute approximate surface area is 180 Å². The van der Waals surface area contributed by atoms with Gasteiger partial charge in [0.2, 0.25) is 0 Å². The lowest BCUT2D eigenvalue weighted by molar-refractivity contribution is 0.136. The molecule has 1 atom stereocenters. The van der Waals surface area contributed by atoms with Gasteiger partial charge in [-0.1, -0.05) is 12.6 Å². The molecule has 4 rings (SSSR count). The summed E-state index contributed by atoms with van der Waals surface area (Å²) < 4.78 is 11.7. The Morgan fingerprint density at radius 3 is 2.90 bits per heavy atom. The number of piperidine rings is 1. The van der Waals surface area contributed by atoms with E-state index >= 15 is 0 Å². The molecule has 0 bridgehead atoms. The molecule has 1 unspecified atom stereocenters. The number of nitrogens with zero attached hydrogens (tertiary/aromatic N) is 3. The number of hydrogen-bond donors (Lipinski definition) is 0. The fourth-order valence-electron chi connectivity index (χ4n) is 4.89. The van der Waals surface area contributed by atoms with Gasteiger partial charge in [0.25, 0.3) is 0 Å². The van der Waals surface area contributed by atoms with Crippen LogP contribution >= 0.6 is 0 Å². The molecule has 0 radical (unpaired) electrons. The van der Waals surface area contributed by atoms with Gasteiger partial charge in [0.05, 0.1) is 12.3 Å². The third-order valence-corrected chi connectivity index (χ3v) is 6.20. The number of rotatable bonds is 7. The minimum absolute atomic E-state index is 0.189. The molecule has 5 heteroatoms. The predicted molar refractivity (Wildman–Crippen MR) is 119 cm³/mol. The van der Waals surface area contributed by atoms with Gasteiger partial charge in [-0.25, -0.2) is 9.97 Å². The highest BCUT2D eigenvalue weighted by molar-refractivity contribution is 5.43. The number of fused-ring (bicyclic) bond motifs is 2. The third-order valence-electron chi connectivity index (χ3n) is 6.20. The largest absolute Gasteiger partial charge is 0.490 e. The van der Waals surface area contributed by atoms with Gasteiger partial charge in [-0.2, -0.15) is 0 Å². The zero-order valence-electron chi connectivity index (χ0n) is 18.5. The fraction of sp³-hybridized carbons (Fsp3) is 0.520. The highest BCUT2D eigenvalue weighted by Crippen LogP contribution is 2.44. The van der Waals surface area contributed by atoms with Crippen molar-refractivity contribution in [3.05, 3.63) is 59.2 Å². The van der Waals surface area contributed by atoms with Crippen molar-refractivity contribution < 1.29 is 9.47 Å². The second kappa shape index (κ2) is 8.76. The molecule has 2 aromatic rings. The van der Waals surface area contributed by atoms with E-state index < -0.39 is 0 Å². The van der Waals surface area contributed by atoms with E-state index in [0.717, 1.165) is 49.0 Å². The lowest BCUT2D eigenvalue weighted by Crippen LogP contribution is -2.45. The van der Waals surface area contributed by atoms with Crippen molar-refractivity contribution in [2.45, 2.75) is 58.4 Å². The smallest absolute Gasteiger partial charge is 0.161 e. The Kier molecular flexibility index (Phi) is 6.09. The van der Waals surface area contributed by atoms with Crippen LogP contribution in [0.5, 0.6) is 11.5 Å². The van der Waals surface area contributed by atoms with Crippen LogP contribution in [0.25, 0.3) is 0 Å². The van der Waals surface area contributed by atoms with Gasteiger partial charge in [0, 0.05) is 24.7 Å². The van der Waals surface area contributed by atoms with Gasteiger partial charge < -0.3 is 9.47 Å². The van der Waals surface area contributed by atoms with Gasteiger partial charge >= 0.3 is 0 Å². The van der Waals surface area contributed by atoms with Crippen LogP contribution in [0.4, 0.5) is 0 Å². The summed E-state index contributed by atoms with van der Waals surface area (Å²) in [7, 11) is 0. The molecule has 160 valence electrons. The summed E-state index contributed by atoms with van der Waals surface area (Å²) in [6.45, 7) is 14.1. The van der Waals surface area contributed by atoms with Crippen LogP contribution in [0, 0.1) is 6.92 Å². The van der Waals surface area contributed by atoms with Crippen molar-refractivity contribution >= 4 is 0 Å². The van der Waals surface area contributed by atoms with Gasteiger partial charge in [0.15, 0.2) is 11.5 Å². The van der Waals surface area contributed by atoms with Crippen molar-refractivity contribution in [1.82, 2.24) is 14.9 Å². The molecule has 1 aliphatic carbocycles. The number of ether oxygens (including phenoxy) is 2. The minimum Gasteiger partial charge on any atom is -0.490 e. The normalized spacial score (nSPS) is 20.9. The van der Waals surface area contributed by atoms with E-state index in [-0.39, 0.29) is 5.41 Å². The number of likely N-dealkylation sites (tertiary alicyclic amines) is 1. The van der Waals surface area contributed by atoms with Gasteiger partial charge in [-0.15, -0.1) is 0 Å². The number of aryl methyl sites for hydroxylation is 2. The second-order valence-corrected chi connectivity index (χ2v) is 8.85. The summed E-state index contributed by atoms with van der Waals surface area (Å²) in [5.74, 6) is 2.49. The van der Waals surface area contributed by atoms with Crippen LogP contribution in [-0.2, 0) is 18.4 Å². The summed E-state index contributed by atoms with van der Waals surface area (Å²) in [4.78, 5) is 11.9. The Bertz CT molecular complexity index is 923. The molecule has 2 heterocycles. The molecule has 0 amide bonds. The molecule has 1 aromatic carbocycles. The molecule has 1 fully saturated rings. The minimum atomic E-state index is 0.189. The fourth-order valence-corrected chi connectivity index (χ4v) is 4.89. The van der Waals surface area contributed by atoms with E-state index in [1.807, 2.05) is 33.0 Å². The summed E-state index contributed by atoms with van der Waals surface area (Å²) in [5, 5.41) is 0. The first-order valence-corrected chi connectivity index (χ1v) is 11.1. The number of aromatic nitrogens is 2. The van der Waals surface area contributed by atoms with Crippen LogP contribution in [-0.4, -0.2) is 41.2 Å². The van der Waals surface area contributed by atoms with E-state index in [9.17, 15) is 0 Å². The van der Waals surface area contributed by atoms with E-state index in [1.54, 1.807) is 0 Å². The summed E-state index contributed by atoms with van der Waals surface area (Å²) in [6.07, 6.45) is 6.77. The van der Waals surface area contributed by atoms with Crippen LogP contribution in [0.3, 0.4) is 0 Å². The van der Waals surface area contributed by atoms with E-state index in [2.05, 4.69) is 28.6 Å². The first-order valence-electron chi connectivity index (χ1n) is 11.1. The first kappa shape index (κ1) is 20.9. The lowest BCUT2D eigenvalue weighted by atomic mass is 9.77. The molecular weight excluding hydrogens is 374 g/mol. The van der Waals surface area contributed by atoms with Crippen LogP contribution in [0.1, 0.15) is 55.8 Å². The standard InChI is InChI=1S/C25H33N3O2/c1-5-29-23-13-20(7-8-22(23)30-16-18(2)3)15-28-12-6-10-25(17-28)11-9-21-14-26-19(4)27-24(21)25/h7-8,13-14H,2,5-6,9-12,15-17H2,1,3-4H3. The Balaban J connectivity index is 1.50. The molecule has 0 N–H and O–H groups in total. The molecule has 5 nitrogen and oxygen atoms in total. The van der Waals surface area contributed by atoms with Crippen molar-refractivity contribution in [3.63, 3.8) is 0 Å². The van der Waals surface area contributed by atoms with Gasteiger partial charge in [-0.05, 0) is 81.8 Å². The summed E-state index contributed by atoms with van der Waals surface area (Å²) in [6, 6.07) is 6.32. The van der Waals surface area contributed by atoms with Crippen LogP contribution in [0.15, 0.2) is 36.5 Å². The summed E-state index contributed by atoms with van der Waals surface area (Å²) in [5.41, 5.74) is 5.10. The maximum atomic E-state index is 5.87. The van der Waals surface area contributed by atoms with Gasteiger partial charge in [0.1, 0.15) is 12.4 Å². The lowest BCUT2D eigenvalue weighted by Gasteiger charge is -2.40. The monoisotopic (exact) mass is 407 g/mol. The SMILES string of the molecule is C=C(C)COc1ccc(CN2CCCC3(CCc4cnc(C)nc43)C2)cc1OCC. The highest BCUT2D eigenvalue weighted by Gasteiger charge is 2.43. The first-order chi connectivity index (χ1) is 14.5. The maximum absolute atomic E-state index is 5.87. The summed E-state index contributed by atoms with van der Waals surface area (Å²) >= 11 is 0. The average molecular weight is 408 g/mol. The Morgan fingerprint density at radius 2 is 2.10 bits per heavy atom. The van der Waals surface area contributed by atoms with Crippen LogP contribution in [0.2, 0.25) is 0 Å². The molecule has 1 spiro atoms. The zero-order chi connectivity index (χ0) is 21.1. The Morgan fingerprint density at radius 1 is 1.23 bits per heavy atom. The number of benzene rings is 1. The van der Waals surface area contributed by atoms with Crippen LogP contribution < -0.4 is 9.47 Å². The topological polar surface area (TPSA) is 47.5 Å². The molecular formula is C25H33N3O2. The van der Waals surface area contributed by atoms with E-state index in [4.69, 9.17) is 14.5 Å². The zero-order valence-corrected chi connectivity index (χ0v) is 18.5. The van der Waals surface area contributed by atoms with Crippen molar-refractivity contribution in [3.8, 4) is 11.5 Å². The molecule has 2 aliphatic rings. The van der Waals surface area contributed by atoms with Crippen molar-refractivity contribution in [2.75, 3.05) is 26.3 Å². The van der Waals surface area contributed by atoms with E-state index in [1.165, 1.54) is 36.1 Å². The van der Waals surface area contributed by atoms with Crippen molar-refractivity contribution in [2.24, 2.45) is 0 Å². The molecule has 0 saturated carbocycles. The maximum Gasteiger partial charge on any atom is 0.161 e. The molecule has 1 saturated heterocycles.